The Morgan fingerprint density at radius 2 is 1.95 bits per heavy atom. The van der Waals surface area contributed by atoms with Crippen LogP contribution in [0.2, 0.25) is 0 Å². The second-order valence-corrected chi connectivity index (χ2v) is 5.42. The van der Waals surface area contributed by atoms with E-state index in [2.05, 4.69) is 26.2 Å². The van der Waals surface area contributed by atoms with Crippen molar-refractivity contribution in [3.63, 3.8) is 0 Å². The van der Waals surface area contributed by atoms with E-state index in [1.54, 1.807) is 30.5 Å². The molecule has 3 rings (SSSR count). The average molecular weight is 342 g/mol. The van der Waals surface area contributed by atoms with E-state index in [0.29, 0.717) is 16.9 Å². The quantitative estimate of drug-likeness (QED) is 0.696. The van der Waals surface area contributed by atoms with Crippen LogP contribution in [0.4, 0.5) is 11.4 Å². The molecule has 2 aromatic carbocycles. The fourth-order valence-electron chi connectivity index (χ4n) is 2.10. The predicted octanol–water partition coefficient (Wildman–Crippen LogP) is 3.83. The van der Waals surface area contributed by atoms with Crippen molar-refractivity contribution in [1.82, 2.24) is 4.98 Å². The molecule has 0 saturated carbocycles. The summed E-state index contributed by atoms with van der Waals surface area (Å²) in [6.45, 7) is 0. The van der Waals surface area contributed by atoms with E-state index in [1.807, 2.05) is 24.3 Å². The Morgan fingerprint density at radius 1 is 1.14 bits per heavy atom. The first-order valence-electron chi connectivity index (χ1n) is 6.35. The molecule has 3 N–H and O–H groups in total. The van der Waals surface area contributed by atoms with Gasteiger partial charge in [0.2, 0.25) is 0 Å². The largest absolute Gasteiger partial charge is 0.398 e. The second kappa shape index (κ2) is 5.54. The highest BCUT2D eigenvalue weighted by molar-refractivity contribution is 9.10. The maximum absolute atomic E-state index is 12.4. The number of rotatable bonds is 2. The fraction of sp³-hybridized carbons (Fsp3) is 0. The highest BCUT2D eigenvalue weighted by Crippen LogP contribution is 2.24. The first-order chi connectivity index (χ1) is 10.1. The summed E-state index contributed by atoms with van der Waals surface area (Å²) in [6.07, 6.45) is 1.64. The summed E-state index contributed by atoms with van der Waals surface area (Å²) in [5.74, 6) is -0.176. The van der Waals surface area contributed by atoms with E-state index in [0.717, 1.165) is 15.4 Å². The minimum atomic E-state index is -0.176. The van der Waals surface area contributed by atoms with Gasteiger partial charge in [0, 0.05) is 27.4 Å². The van der Waals surface area contributed by atoms with Crippen molar-refractivity contribution >= 4 is 44.1 Å². The summed E-state index contributed by atoms with van der Waals surface area (Å²) in [4.78, 5) is 16.7. The third-order valence-corrected chi connectivity index (χ3v) is 3.84. The monoisotopic (exact) mass is 341 g/mol. The van der Waals surface area contributed by atoms with Gasteiger partial charge >= 0.3 is 0 Å². The molecule has 0 unspecified atom stereocenters. The molecule has 21 heavy (non-hydrogen) atoms. The van der Waals surface area contributed by atoms with Gasteiger partial charge in [-0.05, 0) is 46.3 Å². The highest BCUT2D eigenvalue weighted by Gasteiger charge is 2.11. The van der Waals surface area contributed by atoms with Gasteiger partial charge in [-0.15, -0.1) is 0 Å². The van der Waals surface area contributed by atoms with Crippen LogP contribution in [0.5, 0.6) is 0 Å². The molecule has 1 heterocycles. The average Bonchev–Trinajstić information content (AvgIpc) is 2.50. The topological polar surface area (TPSA) is 68.0 Å². The van der Waals surface area contributed by atoms with E-state index in [9.17, 15) is 4.79 Å². The van der Waals surface area contributed by atoms with E-state index in [1.165, 1.54) is 0 Å². The number of carbonyl (C=O) groups is 1. The number of nitrogens with zero attached hydrogens (tertiary/aromatic N) is 1. The molecule has 1 aromatic heterocycles. The molecule has 0 atom stereocenters. The number of nitrogen functional groups attached to an aromatic ring is 1. The number of hydrogen-bond acceptors (Lipinski definition) is 3. The van der Waals surface area contributed by atoms with Crippen molar-refractivity contribution < 1.29 is 4.79 Å². The molecule has 0 aliphatic carbocycles. The number of nitrogens with one attached hydrogen (secondary N) is 1. The standard InChI is InChI=1S/C16H12BrN3O/c17-13-9-10(5-6-14(13)18)20-16(21)12-7-8-19-15-4-2-1-3-11(12)15/h1-9H,18H2,(H,20,21). The van der Waals surface area contributed by atoms with Crippen molar-refractivity contribution in [3.05, 3.63) is 64.8 Å². The summed E-state index contributed by atoms with van der Waals surface area (Å²) < 4.78 is 0.750. The molecule has 1 amide bonds. The Morgan fingerprint density at radius 3 is 2.76 bits per heavy atom. The van der Waals surface area contributed by atoms with Gasteiger partial charge in [0.15, 0.2) is 0 Å². The summed E-state index contributed by atoms with van der Waals surface area (Å²) in [5.41, 5.74) is 8.43. The molecule has 0 saturated heterocycles. The first-order valence-corrected chi connectivity index (χ1v) is 7.14. The number of nitrogens with two attached hydrogens (primary N) is 1. The number of amides is 1. The lowest BCUT2D eigenvalue weighted by atomic mass is 10.1. The van der Waals surface area contributed by atoms with Crippen molar-refractivity contribution in [2.75, 3.05) is 11.1 Å². The maximum Gasteiger partial charge on any atom is 0.256 e. The smallest absolute Gasteiger partial charge is 0.256 e. The lowest BCUT2D eigenvalue weighted by molar-refractivity contribution is 0.102. The van der Waals surface area contributed by atoms with Gasteiger partial charge in [0.25, 0.3) is 5.91 Å². The fourth-order valence-corrected chi connectivity index (χ4v) is 2.48. The molecule has 104 valence electrons. The zero-order valence-corrected chi connectivity index (χ0v) is 12.6. The van der Waals surface area contributed by atoms with Crippen molar-refractivity contribution in [2.45, 2.75) is 0 Å². The predicted molar refractivity (Wildman–Crippen MR) is 88.3 cm³/mol. The van der Waals surface area contributed by atoms with Crippen LogP contribution in [0.1, 0.15) is 10.4 Å². The molecule has 3 aromatic rings. The lowest BCUT2D eigenvalue weighted by Crippen LogP contribution is -2.12. The number of aromatic nitrogens is 1. The Balaban J connectivity index is 1.95. The Hall–Kier alpha value is -2.40. The van der Waals surface area contributed by atoms with E-state index >= 15 is 0 Å². The molecular weight excluding hydrogens is 330 g/mol. The number of fused-ring (bicyclic) bond motifs is 1. The van der Waals surface area contributed by atoms with Crippen LogP contribution in [-0.2, 0) is 0 Å². The Labute approximate surface area is 130 Å². The number of carbonyl (C=O) groups excluding carboxylic acids is 1. The van der Waals surface area contributed by atoms with Gasteiger partial charge in [0.05, 0.1) is 11.1 Å². The molecule has 4 nitrogen and oxygen atoms in total. The lowest BCUT2D eigenvalue weighted by Gasteiger charge is -2.08. The Kier molecular flexibility index (Phi) is 3.58. The van der Waals surface area contributed by atoms with E-state index in [4.69, 9.17) is 5.73 Å². The van der Waals surface area contributed by atoms with Crippen LogP contribution >= 0.6 is 15.9 Å². The number of halogens is 1. The number of hydrogen-bond donors (Lipinski definition) is 2. The van der Waals surface area contributed by atoms with E-state index < -0.39 is 0 Å². The number of anilines is 2. The van der Waals surface area contributed by atoms with E-state index in [-0.39, 0.29) is 5.91 Å². The SMILES string of the molecule is Nc1ccc(NC(=O)c2ccnc3ccccc23)cc1Br. The van der Waals surface area contributed by atoms with Gasteiger partial charge in [-0.1, -0.05) is 18.2 Å². The Bertz CT molecular complexity index is 827. The van der Waals surface area contributed by atoms with Crippen LogP contribution in [0.25, 0.3) is 10.9 Å². The zero-order valence-electron chi connectivity index (χ0n) is 11.0. The van der Waals surface area contributed by atoms with Crippen molar-refractivity contribution in [3.8, 4) is 0 Å². The molecule has 0 spiro atoms. The summed E-state index contributed by atoms with van der Waals surface area (Å²) in [6, 6.07) is 14.5. The molecule has 0 radical (unpaired) electrons. The van der Waals surface area contributed by atoms with Gasteiger partial charge < -0.3 is 11.1 Å². The third kappa shape index (κ3) is 2.73. The zero-order chi connectivity index (χ0) is 14.8. The maximum atomic E-state index is 12.4. The molecular formula is C16H12BrN3O. The second-order valence-electron chi connectivity index (χ2n) is 4.57. The van der Waals surface area contributed by atoms with Crippen LogP contribution in [0.3, 0.4) is 0 Å². The minimum absolute atomic E-state index is 0.176. The molecule has 0 fully saturated rings. The molecule has 0 aliphatic heterocycles. The summed E-state index contributed by atoms with van der Waals surface area (Å²) >= 11 is 3.35. The number of pyridine rings is 1. The first kappa shape index (κ1) is 13.6. The van der Waals surface area contributed by atoms with Gasteiger partial charge in [-0.3, -0.25) is 9.78 Å². The van der Waals surface area contributed by atoms with Crippen molar-refractivity contribution in [1.29, 1.82) is 0 Å². The van der Waals surface area contributed by atoms with Gasteiger partial charge in [-0.25, -0.2) is 0 Å². The van der Waals surface area contributed by atoms with Crippen molar-refractivity contribution in [2.24, 2.45) is 0 Å². The molecule has 0 aliphatic rings. The molecule has 0 bridgehead atoms. The van der Waals surface area contributed by atoms with Gasteiger partial charge in [0.1, 0.15) is 0 Å². The van der Waals surface area contributed by atoms with Crippen LogP contribution in [-0.4, -0.2) is 10.9 Å². The normalized spacial score (nSPS) is 10.5. The minimum Gasteiger partial charge on any atom is -0.398 e. The van der Waals surface area contributed by atoms with Crippen LogP contribution < -0.4 is 11.1 Å². The van der Waals surface area contributed by atoms with Gasteiger partial charge in [-0.2, -0.15) is 0 Å². The summed E-state index contributed by atoms with van der Waals surface area (Å²) in [7, 11) is 0. The van der Waals surface area contributed by atoms with Crippen LogP contribution in [0.15, 0.2) is 59.2 Å². The highest BCUT2D eigenvalue weighted by atomic mass is 79.9. The summed E-state index contributed by atoms with van der Waals surface area (Å²) in [5, 5.41) is 3.69. The molecule has 5 heteroatoms. The third-order valence-electron chi connectivity index (χ3n) is 3.15. The number of para-hydroxylation sites is 1. The number of benzene rings is 2. The van der Waals surface area contributed by atoms with Crippen LogP contribution in [0, 0.1) is 0 Å².